The van der Waals surface area contributed by atoms with Crippen molar-refractivity contribution in [3.8, 4) is 23.3 Å². The second-order valence-corrected chi connectivity index (χ2v) is 6.85. The molecule has 0 spiro atoms. The highest BCUT2D eigenvalue weighted by Crippen LogP contribution is 2.30. The van der Waals surface area contributed by atoms with Gasteiger partial charge in [0.1, 0.15) is 17.3 Å². The van der Waals surface area contributed by atoms with Crippen molar-refractivity contribution in [3.05, 3.63) is 75.7 Å². The summed E-state index contributed by atoms with van der Waals surface area (Å²) in [5, 5.41) is 12.0. The van der Waals surface area contributed by atoms with E-state index in [1.54, 1.807) is 49.0 Å². The summed E-state index contributed by atoms with van der Waals surface area (Å²) >= 11 is 0. The number of carbonyl (C=O) groups is 1. The summed E-state index contributed by atoms with van der Waals surface area (Å²) < 4.78 is 37.4. The summed E-state index contributed by atoms with van der Waals surface area (Å²) in [6.07, 6.45) is 1.25. The van der Waals surface area contributed by atoms with Crippen LogP contribution in [0.25, 0.3) is 11.8 Å². The highest BCUT2D eigenvalue weighted by Gasteiger charge is 2.20. The van der Waals surface area contributed by atoms with Crippen molar-refractivity contribution in [1.82, 2.24) is 9.36 Å². The Morgan fingerprint density at radius 2 is 1.88 bits per heavy atom. The van der Waals surface area contributed by atoms with Crippen LogP contribution in [0.3, 0.4) is 0 Å². The lowest BCUT2D eigenvalue weighted by atomic mass is 10.1. The van der Waals surface area contributed by atoms with Gasteiger partial charge in [-0.15, -0.1) is 0 Å². The number of anilines is 1. The van der Waals surface area contributed by atoms with Crippen LogP contribution in [-0.4, -0.2) is 29.0 Å². The van der Waals surface area contributed by atoms with Crippen LogP contribution in [0, 0.1) is 18.3 Å². The highest BCUT2D eigenvalue weighted by molar-refractivity contribution is 6.09. The topological polar surface area (TPSA) is 98.3 Å². The molecule has 170 valence electrons. The van der Waals surface area contributed by atoms with Crippen molar-refractivity contribution in [1.29, 1.82) is 5.26 Å². The average molecular weight is 454 g/mol. The second kappa shape index (κ2) is 9.82. The number of para-hydroxylation sites is 1. The lowest BCUT2D eigenvalue weighted by molar-refractivity contribution is -0.112. The first-order valence-electron chi connectivity index (χ1n) is 9.66. The molecule has 1 aromatic heterocycles. The zero-order valence-electron chi connectivity index (χ0n) is 18.0. The summed E-state index contributed by atoms with van der Waals surface area (Å²) in [4.78, 5) is 25.7. The van der Waals surface area contributed by atoms with E-state index in [4.69, 9.17) is 4.74 Å². The summed E-state index contributed by atoms with van der Waals surface area (Å²) in [7, 11) is 2.95. The molecule has 0 bridgehead atoms. The third-order valence-corrected chi connectivity index (χ3v) is 4.87. The molecular weight excluding hydrogens is 434 g/mol. The molecule has 1 amide bonds. The minimum atomic E-state index is -3.03. The first-order chi connectivity index (χ1) is 15.8. The van der Waals surface area contributed by atoms with Gasteiger partial charge >= 0.3 is 6.61 Å². The predicted octanol–water partition coefficient (Wildman–Crippen LogP) is 3.64. The van der Waals surface area contributed by atoms with E-state index < -0.39 is 18.1 Å². The highest BCUT2D eigenvalue weighted by atomic mass is 19.3. The Bertz CT molecular complexity index is 1300. The van der Waals surface area contributed by atoms with Crippen LogP contribution in [0.5, 0.6) is 11.5 Å². The van der Waals surface area contributed by atoms with Crippen molar-refractivity contribution < 1.29 is 23.0 Å². The summed E-state index contributed by atoms with van der Waals surface area (Å²) in [6, 6.07) is 14.6. The number of carbonyl (C=O) groups excluding carboxylic acids is 1. The van der Waals surface area contributed by atoms with E-state index in [2.05, 4.69) is 10.1 Å². The number of methoxy groups -OCH3 is 1. The molecule has 3 aromatic rings. The summed E-state index contributed by atoms with van der Waals surface area (Å²) in [5.41, 5.74) is 0.723. The minimum Gasteiger partial charge on any atom is -0.493 e. The van der Waals surface area contributed by atoms with Crippen LogP contribution < -0.4 is 20.3 Å². The van der Waals surface area contributed by atoms with Gasteiger partial charge < -0.3 is 14.8 Å². The first-order valence-corrected chi connectivity index (χ1v) is 9.66. The lowest BCUT2D eigenvalue weighted by Gasteiger charge is -2.10. The maximum Gasteiger partial charge on any atom is 0.387 e. The molecule has 0 radical (unpaired) electrons. The van der Waals surface area contributed by atoms with E-state index in [9.17, 15) is 23.6 Å². The van der Waals surface area contributed by atoms with Gasteiger partial charge in [0.2, 0.25) is 0 Å². The quantitative estimate of drug-likeness (QED) is 0.434. The third kappa shape index (κ3) is 4.93. The number of benzene rings is 2. The van der Waals surface area contributed by atoms with Crippen molar-refractivity contribution in [2.45, 2.75) is 13.5 Å². The maximum atomic E-state index is 13.0. The Labute approximate surface area is 187 Å². The molecule has 1 heterocycles. The fourth-order valence-electron chi connectivity index (χ4n) is 3.18. The number of halogens is 2. The molecule has 0 aliphatic rings. The number of nitrogens with zero attached hydrogens (tertiary/aromatic N) is 3. The van der Waals surface area contributed by atoms with Gasteiger partial charge in [-0.1, -0.05) is 24.3 Å². The van der Waals surface area contributed by atoms with Gasteiger partial charge in [0, 0.05) is 7.05 Å². The Kier molecular flexibility index (Phi) is 6.93. The van der Waals surface area contributed by atoms with Crippen LogP contribution in [0.2, 0.25) is 0 Å². The largest absolute Gasteiger partial charge is 0.493 e. The molecule has 1 N–H and O–H groups in total. The van der Waals surface area contributed by atoms with Crippen molar-refractivity contribution in [2.75, 3.05) is 12.4 Å². The fraction of sp³-hybridized carbons (Fsp3) is 0.174. The molecule has 0 unspecified atom stereocenters. The molecule has 0 aliphatic carbocycles. The maximum absolute atomic E-state index is 13.0. The van der Waals surface area contributed by atoms with Gasteiger partial charge in [-0.25, -0.2) is 4.68 Å². The number of rotatable bonds is 7. The summed E-state index contributed by atoms with van der Waals surface area (Å²) in [6.45, 7) is -1.37. The van der Waals surface area contributed by atoms with Gasteiger partial charge in [0.05, 0.1) is 18.5 Å². The van der Waals surface area contributed by atoms with E-state index in [-0.39, 0.29) is 22.8 Å². The van der Waals surface area contributed by atoms with E-state index in [1.165, 1.54) is 36.1 Å². The second-order valence-electron chi connectivity index (χ2n) is 6.85. The Balaban J connectivity index is 1.92. The molecule has 0 aliphatic heterocycles. The molecule has 0 atom stereocenters. The monoisotopic (exact) mass is 454 g/mol. The molecule has 33 heavy (non-hydrogen) atoms. The number of aromatic nitrogens is 2. The van der Waals surface area contributed by atoms with Crippen molar-refractivity contribution in [3.63, 3.8) is 0 Å². The third-order valence-electron chi connectivity index (χ3n) is 4.87. The fourth-order valence-corrected chi connectivity index (χ4v) is 3.18. The molecular formula is C23H20F2N4O4. The normalized spacial score (nSPS) is 11.2. The number of nitriles is 1. The molecule has 0 saturated heterocycles. The Morgan fingerprint density at radius 1 is 1.18 bits per heavy atom. The van der Waals surface area contributed by atoms with Gasteiger partial charge in [0.15, 0.2) is 11.5 Å². The predicted molar refractivity (Wildman–Crippen MR) is 118 cm³/mol. The molecule has 0 saturated carbocycles. The van der Waals surface area contributed by atoms with Crippen LogP contribution >= 0.6 is 0 Å². The first kappa shape index (κ1) is 23.3. The number of amides is 1. The average Bonchev–Trinajstić information content (AvgIpc) is 3.01. The molecule has 3 rings (SSSR count). The Hall–Kier alpha value is -4.39. The van der Waals surface area contributed by atoms with Crippen LogP contribution in [0.4, 0.5) is 14.5 Å². The Morgan fingerprint density at radius 3 is 2.48 bits per heavy atom. The van der Waals surface area contributed by atoms with Crippen LogP contribution in [0.15, 0.2) is 58.9 Å². The lowest BCUT2D eigenvalue weighted by Crippen LogP contribution is -2.23. The SMILES string of the molecule is COc1cc(/C=C(\C#N)C(=O)Nc2c(C)n(C)n(-c3ccccc3)c2=O)ccc1OC(F)F. The van der Waals surface area contributed by atoms with E-state index in [1.807, 2.05) is 6.07 Å². The van der Waals surface area contributed by atoms with Gasteiger partial charge in [-0.05, 0) is 42.8 Å². The molecule has 2 aromatic carbocycles. The van der Waals surface area contributed by atoms with Gasteiger partial charge in [-0.2, -0.15) is 14.0 Å². The van der Waals surface area contributed by atoms with Crippen LogP contribution in [0.1, 0.15) is 11.3 Å². The van der Waals surface area contributed by atoms with Gasteiger partial charge in [0.25, 0.3) is 11.5 Å². The zero-order chi connectivity index (χ0) is 24.1. The van der Waals surface area contributed by atoms with Crippen LogP contribution in [-0.2, 0) is 11.8 Å². The number of alkyl halides is 2. The zero-order valence-corrected chi connectivity index (χ0v) is 18.0. The molecule has 8 nitrogen and oxygen atoms in total. The van der Waals surface area contributed by atoms with Crippen molar-refractivity contribution >= 4 is 17.7 Å². The van der Waals surface area contributed by atoms with E-state index in [0.717, 1.165) is 0 Å². The van der Waals surface area contributed by atoms with E-state index in [0.29, 0.717) is 16.9 Å². The number of hydrogen-bond acceptors (Lipinski definition) is 5. The summed E-state index contributed by atoms with van der Waals surface area (Å²) in [5.74, 6) is -0.976. The number of nitrogens with one attached hydrogen (secondary N) is 1. The van der Waals surface area contributed by atoms with E-state index >= 15 is 0 Å². The molecule has 0 fully saturated rings. The van der Waals surface area contributed by atoms with Crippen molar-refractivity contribution in [2.24, 2.45) is 7.05 Å². The minimum absolute atomic E-state index is 0.00593. The number of ether oxygens (including phenoxy) is 2. The molecule has 10 heteroatoms. The van der Waals surface area contributed by atoms with Gasteiger partial charge in [-0.3, -0.25) is 14.3 Å². The number of hydrogen-bond donors (Lipinski definition) is 1. The smallest absolute Gasteiger partial charge is 0.387 e. The standard InChI is InChI=1S/C23H20F2N4O4/c1-14-20(22(31)29(28(14)2)17-7-5-4-6-8-17)27-21(30)16(13-26)11-15-9-10-18(33-23(24)25)19(12-15)32-3/h4-12,23H,1-3H3,(H,27,30)/b16-11+.